The average molecular weight is 441 g/mol. The first-order valence-electron chi connectivity index (χ1n) is 10.5. The molecular weight excluding hydrogens is 421 g/mol. The van der Waals surface area contributed by atoms with Gasteiger partial charge in [-0.1, -0.05) is 48.5 Å². The van der Waals surface area contributed by atoms with Crippen molar-refractivity contribution in [3.63, 3.8) is 0 Å². The van der Waals surface area contributed by atoms with Crippen molar-refractivity contribution in [1.82, 2.24) is 4.90 Å². The number of carbonyl (C=O) groups is 2. The Morgan fingerprint density at radius 3 is 2.39 bits per heavy atom. The summed E-state index contributed by atoms with van der Waals surface area (Å²) in [5, 5.41) is 13.1. The number of likely N-dealkylation sites (tertiary alicyclic amines) is 1. The molecule has 164 valence electrons. The number of rotatable bonds is 4. The second kappa shape index (κ2) is 8.06. The van der Waals surface area contributed by atoms with E-state index in [1.165, 1.54) is 17.0 Å². The summed E-state index contributed by atoms with van der Waals surface area (Å²) >= 11 is 0. The molecule has 1 atom stereocenters. The van der Waals surface area contributed by atoms with Gasteiger partial charge >= 0.3 is 0 Å². The predicted octanol–water partition coefficient (Wildman–Crippen LogP) is 5.50. The molecule has 1 fully saturated rings. The molecule has 0 aliphatic carbocycles. The van der Waals surface area contributed by atoms with Crippen LogP contribution in [0.2, 0.25) is 0 Å². The monoisotopic (exact) mass is 441 g/mol. The molecule has 5 nitrogen and oxygen atoms in total. The highest BCUT2D eigenvalue weighted by molar-refractivity contribution is 6.46. The molecule has 1 aliphatic heterocycles. The SMILES string of the molecule is Cc1ccc(C2/C(=C(/O)c3ccc4ccccc4c3)C(=O)C(=O)N2Cc2ccc(F)cc2)o1. The van der Waals surface area contributed by atoms with Gasteiger partial charge in [-0.15, -0.1) is 0 Å². The van der Waals surface area contributed by atoms with Crippen LogP contribution in [0.25, 0.3) is 16.5 Å². The van der Waals surface area contributed by atoms with E-state index in [2.05, 4.69) is 0 Å². The molecule has 0 spiro atoms. The quantitative estimate of drug-likeness (QED) is 0.258. The molecular formula is C27H20FNO4. The van der Waals surface area contributed by atoms with Crippen molar-refractivity contribution in [2.24, 2.45) is 0 Å². The number of ketones is 1. The van der Waals surface area contributed by atoms with E-state index in [-0.39, 0.29) is 17.9 Å². The van der Waals surface area contributed by atoms with Crippen LogP contribution in [0.15, 0.2) is 88.9 Å². The Hall–Kier alpha value is -4.19. The van der Waals surface area contributed by atoms with Crippen LogP contribution in [0, 0.1) is 12.7 Å². The highest BCUT2D eigenvalue weighted by Crippen LogP contribution is 2.41. The van der Waals surface area contributed by atoms with E-state index in [0.29, 0.717) is 22.6 Å². The molecule has 1 aliphatic rings. The number of furan rings is 1. The molecule has 1 saturated heterocycles. The van der Waals surface area contributed by atoms with Crippen molar-refractivity contribution in [3.8, 4) is 0 Å². The number of hydrogen-bond acceptors (Lipinski definition) is 4. The van der Waals surface area contributed by atoms with Crippen molar-refractivity contribution in [2.45, 2.75) is 19.5 Å². The van der Waals surface area contributed by atoms with Gasteiger partial charge in [0.15, 0.2) is 0 Å². The summed E-state index contributed by atoms with van der Waals surface area (Å²) in [7, 11) is 0. The third-order valence-corrected chi connectivity index (χ3v) is 5.86. The van der Waals surface area contributed by atoms with Gasteiger partial charge in [0.2, 0.25) is 0 Å². The molecule has 3 aromatic carbocycles. The first-order valence-corrected chi connectivity index (χ1v) is 10.5. The molecule has 4 aromatic rings. The Morgan fingerprint density at radius 1 is 0.970 bits per heavy atom. The van der Waals surface area contributed by atoms with E-state index in [1.54, 1.807) is 43.3 Å². The number of nitrogens with zero attached hydrogens (tertiary/aromatic N) is 1. The van der Waals surface area contributed by atoms with Gasteiger partial charge in [0, 0.05) is 12.1 Å². The molecule has 0 radical (unpaired) electrons. The minimum absolute atomic E-state index is 0.0354. The van der Waals surface area contributed by atoms with Crippen molar-refractivity contribution in [3.05, 3.63) is 113 Å². The summed E-state index contributed by atoms with van der Waals surface area (Å²) in [6, 6.07) is 21.3. The van der Waals surface area contributed by atoms with E-state index in [1.807, 2.05) is 30.3 Å². The van der Waals surface area contributed by atoms with Crippen LogP contribution in [0.5, 0.6) is 0 Å². The Bertz CT molecular complexity index is 1420. The summed E-state index contributed by atoms with van der Waals surface area (Å²) in [5.41, 5.74) is 1.05. The molecule has 1 aromatic heterocycles. The van der Waals surface area contributed by atoms with Gasteiger partial charge in [-0.05, 0) is 53.6 Å². The van der Waals surface area contributed by atoms with Gasteiger partial charge in [0.25, 0.3) is 11.7 Å². The van der Waals surface area contributed by atoms with Crippen molar-refractivity contribution < 1.29 is 23.5 Å². The van der Waals surface area contributed by atoms with Crippen LogP contribution < -0.4 is 0 Å². The van der Waals surface area contributed by atoms with Gasteiger partial charge in [-0.3, -0.25) is 9.59 Å². The van der Waals surface area contributed by atoms with E-state index in [9.17, 15) is 19.1 Å². The van der Waals surface area contributed by atoms with E-state index in [0.717, 1.165) is 10.8 Å². The first kappa shape index (κ1) is 20.7. The van der Waals surface area contributed by atoms with E-state index in [4.69, 9.17) is 4.42 Å². The Morgan fingerprint density at radius 2 is 1.70 bits per heavy atom. The topological polar surface area (TPSA) is 70.8 Å². The first-order chi connectivity index (χ1) is 15.9. The fraction of sp³-hybridized carbons (Fsp3) is 0.111. The summed E-state index contributed by atoms with van der Waals surface area (Å²) in [6.45, 7) is 1.82. The molecule has 0 saturated carbocycles. The van der Waals surface area contributed by atoms with E-state index < -0.39 is 23.5 Å². The Balaban J connectivity index is 1.64. The van der Waals surface area contributed by atoms with Crippen LogP contribution in [-0.4, -0.2) is 21.7 Å². The smallest absolute Gasteiger partial charge is 0.296 e. The summed E-state index contributed by atoms with van der Waals surface area (Å²) < 4.78 is 19.1. The third kappa shape index (κ3) is 3.69. The maximum absolute atomic E-state index is 13.4. The maximum atomic E-state index is 13.4. The lowest BCUT2D eigenvalue weighted by Gasteiger charge is -2.23. The van der Waals surface area contributed by atoms with Crippen molar-refractivity contribution >= 4 is 28.2 Å². The third-order valence-electron chi connectivity index (χ3n) is 5.86. The molecule has 1 N–H and O–H groups in total. The van der Waals surface area contributed by atoms with Crippen LogP contribution in [0.1, 0.15) is 28.7 Å². The minimum Gasteiger partial charge on any atom is -0.507 e. The molecule has 0 bridgehead atoms. The number of benzene rings is 3. The number of carbonyl (C=O) groups excluding carboxylic acids is 2. The van der Waals surface area contributed by atoms with Gasteiger partial charge in [0.1, 0.15) is 29.1 Å². The molecule has 5 rings (SSSR count). The zero-order valence-electron chi connectivity index (χ0n) is 17.8. The van der Waals surface area contributed by atoms with Gasteiger partial charge in [0.05, 0.1) is 5.57 Å². The zero-order valence-corrected chi connectivity index (χ0v) is 17.8. The standard InChI is InChI=1S/C27H20FNO4/c1-16-6-13-22(33-16)24-23(25(30)20-10-9-18-4-2-3-5-19(18)14-20)26(31)27(32)29(24)15-17-7-11-21(28)12-8-17/h2-14,24,30H,15H2,1H3/b25-23-. The van der Waals surface area contributed by atoms with Crippen LogP contribution in [0.4, 0.5) is 4.39 Å². The predicted molar refractivity (Wildman–Crippen MR) is 122 cm³/mol. The molecule has 6 heteroatoms. The normalized spacial score (nSPS) is 17.8. The second-order valence-corrected chi connectivity index (χ2v) is 8.06. The number of fused-ring (bicyclic) bond motifs is 1. The number of aliphatic hydroxyl groups is 1. The van der Waals surface area contributed by atoms with Gasteiger partial charge < -0.3 is 14.4 Å². The van der Waals surface area contributed by atoms with Crippen LogP contribution in [-0.2, 0) is 16.1 Å². The number of aryl methyl sites for hydroxylation is 1. The molecule has 33 heavy (non-hydrogen) atoms. The van der Waals surface area contributed by atoms with E-state index >= 15 is 0 Å². The zero-order chi connectivity index (χ0) is 23.1. The molecule has 1 amide bonds. The number of aliphatic hydroxyl groups excluding tert-OH is 1. The number of hydrogen-bond donors (Lipinski definition) is 1. The summed E-state index contributed by atoms with van der Waals surface area (Å²) in [6.07, 6.45) is 0. The lowest BCUT2D eigenvalue weighted by Crippen LogP contribution is -2.29. The average Bonchev–Trinajstić information content (AvgIpc) is 3.36. The summed E-state index contributed by atoms with van der Waals surface area (Å²) in [4.78, 5) is 27.5. The van der Waals surface area contributed by atoms with Crippen molar-refractivity contribution in [2.75, 3.05) is 0 Å². The highest BCUT2D eigenvalue weighted by atomic mass is 19.1. The lowest BCUT2D eigenvalue weighted by molar-refractivity contribution is -0.140. The molecule has 1 unspecified atom stereocenters. The van der Waals surface area contributed by atoms with Crippen molar-refractivity contribution in [1.29, 1.82) is 0 Å². The largest absolute Gasteiger partial charge is 0.507 e. The highest BCUT2D eigenvalue weighted by Gasteiger charge is 2.47. The Kier molecular flexibility index (Phi) is 5.05. The van der Waals surface area contributed by atoms with Gasteiger partial charge in [-0.2, -0.15) is 0 Å². The second-order valence-electron chi connectivity index (χ2n) is 8.06. The number of halogens is 1. The van der Waals surface area contributed by atoms with Crippen LogP contribution in [0.3, 0.4) is 0 Å². The molecule has 2 heterocycles. The Labute approximate surface area is 189 Å². The number of amides is 1. The minimum atomic E-state index is -0.907. The fourth-order valence-electron chi connectivity index (χ4n) is 4.22. The van der Waals surface area contributed by atoms with Gasteiger partial charge in [-0.25, -0.2) is 4.39 Å². The van der Waals surface area contributed by atoms with Crippen LogP contribution >= 0.6 is 0 Å². The maximum Gasteiger partial charge on any atom is 0.296 e. The fourth-order valence-corrected chi connectivity index (χ4v) is 4.22. The lowest BCUT2D eigenvalue weighted by atomic mass is 9.97. The summed E-state index contributed by atoms with van der Waals surface area (Å²) in [5.74, 6) is -1.21. The number of Topliss-reactive ketones (excluding diaryl/α,β-unsaturated/α-hetero) is 1.